The van der Waals surface area contributed by atoms with E-state index in [0.29, 0.717) is 0 Å². The molecule has 0 aliphatic carbocycles. The Hall–Kier alpha value is -5.58. The molecule has 4 heteroatoms. The van der Waals surface area contributed by atoms with E-state index in [1.54, 1.807) is 0 Å². The van der Waals surface area contributed by atoms with Crippen LogP contribution in [0.2, 0.25) is 0 Å². The molecule has 3 nitrogen and oxygen atoms in total. The van der Waals surface area contributed by atoms with Crippen LogP contribution in [0.15, 0.2) is 140 Å². The lowest BCUT2D eigenvalue weighted by molar-refractivity contribution is 1.09. The second-order valence-electron chi connectivity index (χ2n) is 11.4. The first kappa shape index (κ1) is 23.9. The monoisotopic (exact) mass is 577 g/mol. The van der Waals surface area contributed by atoms with E-state index in [4.69, 9.17) is 9.97 Å². The highest BCUT2D eigenvalue weighted by Crippen LogP contribution is 2.45. The maximum atomic E-state index is 5.46. The molecule has 7 aromatic carbocycles. The van der Waals surface area contributed by atoms with Crippen LogP contribution in [0.4, 0.5) is 0 Å². The summed E-state index contributed by atoms with van der Waals surface area (Å²) in [5.41, 5.74) is 6.04. The normalized spacial score (nSPS) is 12.1. The Morgan fingerprint density at radius 2 is 1.18 bits per heavy atom. The van der Waals surface area contributed by atoms with E-state index >= 15 is 0 Å². The minimum absolute atomic E-state index is 0.847. The number of rotatable bonds is 2. The van der Waals surface area contributed by atoms with Gasteiger partial charge in [-0.05, 0) is 34.4 Å². The number of hydrogen-bond acceptors (Lipinski definition) is 3. The molecule has 0 fully saturated rings. The summed E-state index contributed by atoms with van der Waals surface area (Å²) >= 11 is 1.87. The molecule has 0 aliphatic heterocycles. The number of benzene rings is 7. The van der Waals surface area contributed by atoms with Gasteiger partial charge in [0.25, 0.3) is 0 Å². The fourth-order valence-electron chi connectivity index (χ4n) is 7.00. The maximum absolute atomic E-state index is 5.46. The van der Waals surface area contributed by atoms with Gasteiger partial charge < -0.3 is 0 Å². The topological polar surface area (TPSA) is 30.7 Å². The molecule has 0 spiro atoms. The van der Waals surface area contributed by atoms with E-state index in [1.165, 1.54) is 47.2 Å². The van der Waals surface area contributed by atoms with Crippen LogP contribution in [0.25, 0.3) is 91.6 Å². The summed E-state index contributed by atoms with van der Waals surface area (Å²) in [4.78, 5) is 10.9. The van der Waals surface area contributed by atoms with Crippen LogP contribution >= 0.6 is 11.3 Å². The van der Waals surface area contributed by atoms with E-state index in [-0.39, 0.29) is 0 Å². The molecule has 44 heavy (non-hydrogen) atoms. The summed E-state index contributed by atoms with van der Waals surface area (Å²) < 4.78 is 4.93. The fourth-order valence-corrected chi connectivity index (χ4v) is 8.25. The van der Waals surface area contributed by atoms with Crippen molar-refractivity contribution in [2.45, 2.75) is 0 Å². The predicted molar refractivity (Wildman–Crippen MR) is 187 cm³/mol. The molecule has 3 heterocycles. The second-order valence-corrected chi connectivity index (χ2v) is 12.4. The molecule has 0 unspecified atom stereocenters. The Kier molecular flexibility index (Phi) is 4.87. The first-order valence-electron chi connectivity index (χ1n) is 14.8. The third-order valence-electron chi connectivity index (χ3n) is 8.96. The summed E-state index contributed by atoms with van der Waals surface area (Å²) in [6.45, 7) is 0. The summed E-state index contributed by atoms with van der Waals surface area (Å²) in [6.07, 6.45) is 0. The Morgan fingerprint density at radius 1 is 0.500 bits per heavy atom. The van der Waals surface area contributed by atoms with Gasteiger partial charge in [0.1, 0.15) is 5.69 Å². The molecule has 0 amide bonds. The van der Waals surface area contributed by atoms with Gasteiger partial charge in [0.15, 0.2) is 5.82 Å². The zero-order valence-electron chi connectivity index (χ0n) is 23.5. The molecule has 0 bridgehead atoms. The van der Waals surface area contributed by atoms with Crippen molar-refractivity contribution in [2.24, 2.45) is 0 Å². The van der Waals surface area contributed by atoms with E-state index in [9.17, 15) is 0 Å². The summed E-state index contributed by atoms with van der Waals surface area (Å²) in [5.74, 6) is 0.847. The van der Waals surface area contributed by atoms with Crippen LogP contribution in [-0.2, 0) is 0 Å². The number of nitrogens with zero attached hydrogens (tertiary/aromatic N) is 3. The second kappa shape index (κ2) is 8.96. The molecule has 3 aromatic heterocycles. The zero-order valence-corrected chi connectivity index (χ0v) is 24.3. The quantitative estimate of drug-likeness (QED) is 0.191. The first-order valence-corrected chi connectivity index (χ1v) is 15.7. The average Bonchev–Trinajstić information content (AvgIpc) is 3.64. The smallest absolute Gasteiger partial charge is 0.165 e. The van der Waals surface area contributed by atoms with E-state index in [2.05, 4.69) is 144 Å². The Morgan fingerprint density at radius 3 is 2.05 bits per heavy atom. The molecule has 204 valence electrons. The lowest BCUT2D eigenvalue weighted by Gasteiger charge is -2.15. The van der Waals surface area contributed by atoms with Crippen molar-refractivity contribution in [3.05, 3.63) is 140 Å². The van der Waals surface area contributed by atoms with Crippen molar-refractivity contribution >= 4 is 85.9 Å². The molecule has 0 saturated heterocycles. The zero-order chi connectivity index (χ0) is 28.8. The molecular formula is C40H23N3S. The predicted octanol–water partition coefficient (Wildman–Crippen LogP) is 11.1. The van der Waals surface area contributed by atoms with Gasteiger partial charge in [-0.15, -0.1) is 11.3 Å². The highest BCUT2D eigenvalue weighted by atomic mass is 32.1. The molecule has 0 N–H and O–H groups in total. The SMILES string of the molecule is c1ccc(-c2nc3c(ccc4ccccc43)nc2-n2c3ccccc3c3ccc4c(sc5ccc6ccccc6c54)c32)cc1. The highest BCUT2D eigenvalue weighted by molar-refractivity contribution is 7.26. The van der Waals surface area contributed by atoms with Crippen LogP contribution in [0.1, 0.15) is 0 Å². The minimum Gasteiger partial charge on any atom is -0.290 e. The first-order chi connectivity index (χ1) is 21.8. The summed E-state index contributed by atoms with van der Waals surface area (Å²) in [7, 11) is 0. The Balaban J connectivity index is 1.42. The van der Waals surface area contributed by atoms with Gasteiger partial charge in [-0.1, -0.05) is 121 Å². The minimum atomic E-state index is 0.847. The summed E-state index contributed by atoms with van der Waals surface area (Å²) in [5, 5.41) is 9.87. The van der Waals surface area contributed by atoms with Gasteiger partial charge >= 0.3 is 0 Å². The van der Waals surface area contributed by atoms with Gasteiger partial charge in [0, 0.05) is 37.2 Å². The van der Waals surface area contributed by atoms with Gasteiger partial charge in [-0.2, -0.15) is 0 Å². The van der Waals surface area contributed by atoms with Crippen LogP contribution in [0, 0.1) is 0 Å². The van der Waals surface area contributed by atoms with Crippen LogP contribution in [0.5, 0.6) is 0 Å². The van der Waals surface area contributed by atoms with E-state index in [1.807, 2.05) is 11.3 Å². The van der Waals surface area contributed by atoms with Crippen molar-refractivity contribution < 1.29 is 0 Å². The lowest BCUT2D eigenvalue weighted by atomic mass is 10.0. The largest absolute Gasteiger partial charge is 0.290 e. The molecule has 0 aliphatic rings. The number of aromatic nitrogens is 3. The summed E-state index contributed by atoms with van der Waals surface area (Å²) in [6, 6.07) is 49.7. The molecule has 10 rings (SSSR count). The molecule has 0 saturated carbocycles. The lowest BCUT2D eigenvalue weighted by Crippen LogP contribution is -2.04. The van der Waals surface area contributed by atoms with E-state index in [0.717, 1.165) is 44.4 Å². The van der Waals surface area contributed by atoms with Crippen molar-refractivity contribution in [3.8, 4) is 17.1 Å². The van der Waals surface area contributed by atoms with Crippen molar-refractivity contribution in [1.82, 2.24) is 14.5 Å². The number of thiophene rings is 1. The molecule has 10 aromatic rings. The van der Waals surface area contributed by atoms with Gasteiger partial charge in [0.2, 0.25) is 0 Å². The van der Waals surface area contributed by atoms with Crippen LogP contribution in [-0.4, -0.2) is 14.5 Å². The van der Waals surface area contributed by atoms with Gasteiger partial charge in [-0.25, -0.2) is 9.97 Å². The van der Waals surface area contributed by atoms with Gasteiger partial charge in [-0.3, -0.25) is 4.57 Å². The van der Waals surface area contributed by atoms with Gasteiger partial charge in [0.05, 0.1) is 26.8 Å². The number of hydrogen-bond donors (Lipinski definition) is 0. The van der Waals surface area contributed by atoms with E-state index < -0.39 is 0 Å². The van der Waals surface area contributed by atoms with Crippen molar-refractivity contribution in [3.63, 3.8) is 0 Å². The maximum Gasteiger partial charge on any atom is 0.165 e. The number of fused-ring (bicyclic) bond motifs is 12. The Bertz CT molecular complexity index is 2770. The third-order valence-corrected chi connectivity index (χ3v) is 10.1. The highest BCUT2D eigenvalue weighted by Gasteiger charge is 2.23. The van der Waals surface area contributed by atoms with Crippen molar-refractivity contribution in [1.29, 1.82) is 0 Å². The standard InChI is InChI=1S/C40H23N3S/c1-2-12-26(13-3-1)36-40(41-32-22-18-25-11-5-7-15-28(25)37(32)42-36)43-33-17-9-8-16-29(33)30-20-21-31-35-27-14-6-4-10-24(27)19-23-34(35)44-39(31)38(30)43/h1-23H. The molecule has 0 atom stereocenters. The fraction of sp³-hybridized carbons (Fsp3) is 0. The average molecular weight is 578 g/mol. The molecular weight excluding hydrogens is 555 g/mol. The Labute approximate surface area is 256 Å². The van der Waals surface area contributed by atoms with Crippen molar-refractivity contribution in [2.75, 3.05) is 0 Å². The number of para-hydroxylation sites is 1. The molecule has 0 radical (unpaired) electrons. The van der Waals surface area contributed by atoms with Crippen LogP contribution < -0.4 is 0 Å². The third kappa shape index (κ3) is 3.26. The van der Waals surface area contributed by atoms with Crippen LogP contribution in [0.3, 0.4) is 0 Å².